The van der Waals surface area contributed by atoms with E-state index in [0.717, 1.165) is 0 Å². The smallest absolute Gasteiger partial charge is 0.431 e. The molecule has 0 saturated heterocycles. The summed E-state index contributed by atoms with van der Waals surface area (Å²) in [7, 11) is 2.83. The molecule has 9 heteroatoms. The molecule has 0 unspecified atom stereocenters. The molecule has 0 radical (unpaired) electrons. The van der Waals surface area contributed by atoms with Crippen molar-refractivity contribution in [1.29, 1.82) is 0 Å². The van der Waals surface area contributed by atoms with Gasteiger partial charge >= 0.3 is 6.18 Å². The molecule has 0 aromatic heterocycles. The van der Waals surface area contributed by atoms with Gasteiger partial charge in [0.25, 0.3) is 5.91 Å². The second-order valence-electron chi connectivity index (χ2n) is 6.12. The molecule has 0 fully saturated rings. The van der Waals surface area contributed by atoms with E-state index >= 15 is 0 Å². The zero-order valence-electron chi connectivity index (χ0n) is 15.0. The minimum Gasteiger partial charge on any atom is -0.497 e. The maximum atomic E-state index is 13.3. The van der Waals surface area contributed by atoms with Crippen LogP contribution in [0.2, 0.25) is 0 Å². The van der Waals surface area contributed by atoms with Crippen molar-refractivity contribution in [3.8, 4) is 11.5 Å². The predicted molar refractivity (Wildman–Crippen MR) is 94.2 cm³/mol. The van der Waals surface area contributed by atoms with Crippen molar-refractivity contribution < 1.29 is 32.5 Å². The summed E-state index contributed by atoms with van der Waals surface area (Å²) in [6.45, 7) is 0. The molecule has 1 amide bonds. The third-order valence-electron chi connectivity index (χ3n) is 4.37. The summed E-state index contributed by atoms with van der Waals surface area (Å²) in [6.07, 6.45) is -5.69. The third kappa shape index (κ3) is 3.53. The van der Waals surface area contributed by atoms with Crippen LogP contribution >= 0.6 is 0 Å². The minimum atomic E-state index is -4.79. The molecule has 0 spiro atoms. The van der Waals surface area contributed by atoms with Crippen LogP contribution in [-0.4, -0.2) is 42.1 Å². The van der Waals surface area contributed by atoms with Crippen LogP contribution in [0.1, 0.15) is 22.3 Å². The molecule has 1 aliphatic heterocycles. The Kier molecular flexibility index (Phi) is 5.03. The molecule has 2 aromatic rings. The molecule has 1 aliphatic rings. The highest BCUT2D eigenvalue weighted by Crippen LogP contribution is 2.41. The lowest BCUT2D eigenvalue weighted by molar-refractivity contribution is -0.0816. The molecular formula is C19H17F3N2O4. The van der Waals surface area contributed by atoms with Crippen LogP contribution in [0.3, 0.4) is 0 Å². The van der Waals surface area contributed by atoms with Crippen molar-refractivity contribution in [2.45, 2.75) is 18.3 Å². The monoisotopic (exact) mass is 394 g/mol. The summed E-state index contributed by atoms with van der Waals surface area (Å²) < 4.78 is 49.9. The molecule has 1 N–H and O–H groups in total. The normalized spacial score (nSPS) is 19.4. The molecule has 0 saturated carbocycles. The Bertz CT molecular complexity index is 912. The fourth-order valence-electron chi connectivity index (χ4n) is 2.87. The van der Waals surface area contributed by atoms with Gasteiger partial charge in [-0.3, -0.25) is 4.79 Å². The number of carbonyl (C=O) groups is 1. The van der Waals surface area contributed by atoms with Crippen LogP contribution < -0.4 is 9.47 Å². The largest absolute Gasteiger partial charge is 0.497 e. The van der Waals surface area contributed by atoms with Gasteiger partial charge in [-0.2, -0.15) is 23.3 Å². The summed E-state index contributed by atoms with van der Waals surface area (Å²) >= 11 is 0. The lowest BCUT2D eigenvalue weighted by Gasteiger charge is -2.31. The Balaban J connectivity index is 2.06. The Morgan fingerprint density at radius 3 is 2.32 bits per heavy atom. The number of halogens is 3. The fourth-order valence-corrected chi connectivity index (χ4v) is 2.87. The van der Waals surface area contributed by atoms with Crippen LogP contribution in [0.4, 0.5) is 13.2 Å². The first-order valence-electron chi connectivity index (χ1n) is 8.19. The topological polar surface area (TPSA) is 71.4 Å². The number of hydrogen-bond acceptors (Lipinski definition) is 5. The highest BCUT2D eigenvalue weighted by molar-refractivity contribution is 6.00. The van der Waals surface area contributed by atoms with Crippen molar-refractivity contribution in [3.63, 3.8) is 0 Å². The van der Waals surface area contributed by atoms with Gasteiger partial charge in [0.1, 0.15) is 17.2 Å². The van der Waals surface area contributed by atoms with Gasteiger partial charge in [-0.15, -0.1) is 0 Å². The molecule has 0 bridgehead atoms. The number of benzene rings is 2. The zero-order valence-corrected chi connectivity index (χ0v) is 15.0. The second-order valence-corrected chi connectivity index (χ2v) is 6.12. The van der Waals surface area contributed by atoms with Gasteiger partial charge in [0.05, 0.1) is 20.6 Å². The number of nitrogens with zero attached hydrogens (tertiary/aromatic N) is 2. The number of carbonyl (C=O) groups excluding carboxylic acids is 1. The summed E-state index contributed by atoms with van der Waals surface area (Å²) in [4.78, 5) is 12.9. The van der Waals surface area contributed by atoms with Gasteiger partial charge in [0.15, 0.2) is 5.72 Å². The highest BCUT2D eigenvalue weighted by Gasteiger charge is 2.53. The van der Waals surface area contributed by atoms with Gasteiger partial charge in [0, 0.05) is 11.1 Å². The SMILES string of the molecule is COc1ccc(C(=O)N2N=C(C(F)(F)F)C[C@@]2(O)c2cccc(OC)c2)cc1. The van der Waals surface area contributed by atoms with Crippen LogP contribution in [0.15, 0.2) is 53.6 Å². The second kappa shape index (κ2) is 7.16. The molecule has 28 heavy (non-hydrogen) atoms. The van der Waals surface area contributed by atoms with E-state index in [1.165, 1.54) is 56.7 Å². The zero-order chi connectivity index (χ0) is 20.5. The third-order valence-corrected chi connectivity index (χ3v) is 4.37. The Labute approximate surface area is 158 Å². The minimum absolute atomic E-state index is 0.0503. The van der Waals surface area contributed by atoms with E-state index < -0.39 is 29.9 Å². The maximum absolute atomic E-state index is 13.3. The van der Waals surface area contributed by atoms with Crippen LogP contribution in [0, 0.1) is 0 Å². The van der Waals surface area contributed by atoms with Crippen LogP contribution in [0.5, 0.6) is 11.5 Å². The molecule has 0 aliphatic carbocycles. The van der Waals surface area contributed by atoms with Gasteiger partial charge in [-0.1, -0.05) is 12.1 Å². The fraction of sp³-hybridized carbons (Fsp3) is 0.263. The van der Waals surface area contributed by atoms with Crippen molar-refractivity contribution in [2.75, 3.05) is 14.2 Å². The summed E-state index contributed by atoms with van der Waals surface area (Å²) in [5, 5.41) is 15.0. The Morgan fingerprint density at radius 1 is 1.11 bits per heavy atom. The van der Waals surface area contributed by atoms with Gasteiger partial charge in [-0.05, 0) is 36.4 Å². The Morgan fingerprint density at radius 2 is 1.75 bits per heavy atom. The molecular weight excluding hydrogens is 377 g/mol. The standard InChI is InChI=1S/C19H17F3N2O4/c1-27-14-8-6-12(7-9-14)17(25)24-18(26,11-16(23-24)19(20,21)22)13-4-3-5-15(10-13)28-2/h3-10,26H,11H2,1-2H3/t18-/m1/s1. The number of alkyl halides is 3. The summed E-state index contributed by atoms with van der Waals surface area (Å²) in [6, 6.07) is 11.6. The first-order valence-corrected chi connectivity index (χ1v) is 8.19. The quantitative estimate of drug-likeness (QED) is 0.864. The lowest BCUT2D eigenvalue weighted by Crippen LogP contribution is -2.43. The average molecular weight is 394 g/mol. The van der Waals surface area contributed by atoms with Gasteiger partial charge < -0.3 is 14.6 Å². The van der Waals surface area contributed by atoms with Crippen molar-refractivity contribution in [2.24, 2.45) is 5.10 Å². The molecule has 3 rings (SSSR count). The van der Waals surface area contributed by atoms with Crippen LogP contribution in [0.25, 0.3) is 0 Å². The lowest BCUT2D eigenvalue weighted by atomic mass is 9.96. The molecule has 2 aromatic carbocycles. The van der Waals surface area contributed by atoms with E-state index in [1.807, 2.05) is 0 Å². The summed E-state index contributed by atoms with van der Waals surface area (Å²) in [5.41, 5.74) is -3.46. The van der Waals surface area contributed by atoms with E-state index in [1.54, 1.807) is 6.07 Å². The first kappa shape index (κ1) is 19.7. The van der Waals surface area contributed by atoms with Gasteiger partial charge in [-0.25, -0.2) is 0 Å². The predicted octanol–water partition coefficient (Wildman–Crippen LogP) is 3.31. The number of hydrogen-bond donors (Lipinski definition) is 1. The van der Waals surface area contributed by atoms with E-state index in [0.29, 0.717) is 16.5 Å². The number of hydrazone groups is 1. The number of ether oxygens (including phenoxy) is 2. The summed E-state index contributed by atoms with van der Waals surface area (Å²) in [5.74, 6) is -0.0871. The number of amides is 1. The molecule has 148 valence electrons. The van der Waals surface area contributed by atoms with Crippen molar-refractivity contribution >= 4 is 11.6 Å². The Hall–Kier alpha value is -3.07. The van der Waals surface area contributed by atoms with E-state index in [9.17, 15) is 23.1 Å². The van der Waals surface area contributed by atoms with E-state index in [4.69, 9.17) is 9.47 Å². The van der Waals surface area contributed by atoms with Crippen molar-refractivity contribution in [3.05, 3.63) is 59.7 Å². The maximum Gasteiger partial charge on any atom is 0.431 e. The van der Waals surface area contributed by atoms with Gasteiger partial charge in [0.2, 0.25) is 0 Å². The highest BCUT2D eigenvalue weighted by atomic mass is 19.4. The average Bonchev–Trinajstić information content (AvgIpc) is 3.07. The van der Waals surface area contributed by atoms with Crippen LogP contribution in [-0.2, 0) is 5.72 Å². The van der Waals surface area contributed by atoms with Crippen molar-refractivity contribution in [1.82, 2.24) is 5.01 Å². The number of methoxy groups -OCH3 is 2. The van der Waals surface area contributed by atoms with E-state index in [-0.39, 0.29) is 11.1 Å². The molecule has 1 atom stereocenters. The number of rotatable bonds is 4. The number of aliphatic hydroxyl groups is 1. The first-order chi connectivity index (χ1) is 13.2. The van der Waals surface area contributed by atoms with E-state index in [2.05, 4.69) is 5.10 Å². The molecule has 1 heterocycles. The molecule has 6 nitrogen and oxygen atoms in total.